The molecule has 11 N–H and O–H groups in total. The summed E-state index contributed by atoms with van der Waals surface area (Å²) in [5, 5.41) is 114. The van der Waals surface area contributed by atoms with Gasteiger partial charge in [-0.25, -0.2) is 0 Å². The fraction of sp³-hybridized carbons (Fsp3) is 0.543. The molecule has 3 saturated heterocycles. The predicted molar refractivity (Wildman–Crippen MR) is 181 cm³/mol. The highest BCUT2D eigenvalue weighted by Gasteiger charge is 2.53. The fourth-order valence-electron chi connectivity index (χ4n) is 6.61. The molecule has 4 heterocycles. The molecule has 3 fully saturated rings. The van der Waals surface area contributed by atoms with E-state index in [9.17, 15) is 65.8 Å². The third kappa shape index (κ3) is 8.13. The molecule has 308 valence electrons. The summed E-state index contributed by atoms with van der Waals surface area (Å²) in [6, 6.07) is 7.15. The minimum atomic E-state index is -2.02. The number of aliphatic hydroxyl groups excluding tert-OH is 8. The van der Waals surface area contributed by atoms with E-state index in [1.807, 2.05) is 0 Å². The molecule has 21 nitrogen and oxygen atoms in total. The largest absolute Gasteiger partial charge is 0.508 e. The number of hydrogen-bond donors (Lipinski definition) is 11. The highest BCUT2D eigenvalue weighted by Crippen LogP contribution is 2.38. The zero-order valence-corrected chi connectivity index (χ0v) is 29.5. The molecule has 3 aliphatic rings. The minimum Gasteiger partial charge on any atom is -0.508 e. The lowest BCUT2D eigenvalue weighted by Gasteiger charge is -2.46. The normalized spacial score (nSPS) is 36.3. The Bertz CT molecular complexity index is 1900. The van der Waals surface area contributed by atoms with E-state index in [1.54, 1.807) is 0 Å². The van der Waals surface area contributed by atoms with E-state index in [0.717, 1.165) is 19.1 Å². The van der Waals surface area contributed by atoms with Crippen LogP contribution in [-0.4, -0.2) is 167 Å². The first-order valence-electron chi connectivity index (χ1n) is 17.3. The zero-order valence-electron chi connectivity index (χ0n) is 29.5. The second-order valence-electron chi connectivity index (χ2n) is 13.5. The highest BCUT2D eigenvalue weighted by molar-refractivity contribution is 5.88. The molecule has 0 radical (unpaired) electrons. The van der Waals surface area contributed by atoms with E-state index in [0.29, 0.717) is 0 Å². The lowest BCUT2D eigenvalue weighted by atomic mass is 9.97. The number of phenolic OH excluding ortho intramolecular Hbond substituents is 3. The zero-order chi connectivity index (χ0) is 40.7. The van der Waals surface area contributed by atoms with Crippen LogP contribution in [0.3, 0.4) is 0 Å². The summed E-state index contributed by atoms with van der Waals surface area (Å²) in [6.45, 7) is 0.967. The van der Waals surface area contributed by atoms with E-state index in [1.165, 1.54) is 31.2 Å². The molecular weight excluding hydrogens is 756 g/mol. The maximum absolute atomic E-state index is 13.8. The van der Waals surface area contributed by atoms with Crippen LogP contribution < -0.4 is 10.2 Å². The van der Waals surface area contributed by atoms with Crippen molar-refractivity contribution in [3.8, 4) is 34.3 Å². The molecule has 3 aliphatic heterocycles. The summed E-state index contributed by atoms with van der Waals surface area (Å²) < 4.78 is 45.3. The monoisotopic (exact) mass is 798 g/mol. The Morgan fingerprint density at radius 2 is 1.36 bits per heavy atom. The van der Waals surface area contributed by atoms with Crippen molar-refractivity contribution in [2.24, 2.45) is 0 Å². The van der Waals surface area contributed by atoms with Gasteiger partial charge in [-0.1, -0.05) is 0 Å². The van der Waals surface area contributed by atoms with Crippen LogP contribution in [0.1, 0.15) is 13.8 Å². The van der Waals surface area contributed by atoms with Crippen LogP contribution in [-0.2, 0) is 33.2 Å². The van der Waals surface area contributed by atoms with Gasteiger partial charge in [0.05, 0.1) is 19.3 Å². The number of aliphatic hydroxyl groups is 8. The number of rotatable bonds is 10. The van der Waals surface area contributed by atoms with Gasteiger partial charge in [-0.15, -0.1) is 0 Å². The second-order valence-corrected chi connectivity index (χ2v) is 13.5. The Kier molecular flexibility index (Phi) is 12.4. The molecule has 0 aliphatic carbocycles. The predicted octanol–water partition coefficient (Wildman–Crippen LogP) is -3.00. The summed E-state index contributed by atoms with van der Waals surface area (Å²) >= 11 is 0. The third-order valence-electron chi connectivity index (χ3n) is 9.57. The lowest BCUT2D eigenvalue weighted by molar-refractivity contribution is -0.361. The van der Waals surface area contributed by atoms with Gasteiger partial charge in [-0.2, -0.15) is 0 Å². The number of ether oxygens (including phenoxy) is 7. The van der Waals surface area contributed by atoms with Crippen molar-refractivity contribution in [1.29, 1.82) is 0 Å². The molecule has 0 spiro atoms. The third-order valence-corrected chi connectivity index (χ3v) is 9.57. The maximum atomic E-state index is 13.8. The van der Waals surface area contributed by atoms with Gasteiger partial charge in [0.15, 0.2) is 24.4 Å². The summed E-state index contributed by atoms with van der Waals surface area (Å²) in [6.07, 6.45) is -25.7. The van der Waals surface area contributed by atoms with Crippen molar-refractivity contribution < 1.29 is 98.5 Å². The van der Waals surface area contributed by atoms with Crippen molar-refractivity contribution >= 4 is 16.9 Å². The lowest BCUT2D eigenvalue weighted by Crippen LogP contribution is -2.65. The van der Waals surface area contributed by atoms with Gasteiger partial charge in [-0.05, 0) is 31.2 Å². The summed E-state index contributed by atoms with van der Waals surface area (Å²) in [5.41, 5.74) is -1.12. The molecular formula is C35H42O21. The smallest absolute Gasteiger partial charge is 0.303 e. The molecule has 0 bridgehead atoms. The van der Waals surface area contributed by atoms with Crippen molar-refractivity contribution in [2.45, 2.75) is 106 Å². The van der Waals surface area contributed by atoms with Crippen molar-refractivity contribution in [3.05, 3.63) is 46.6 Å². The van der Waals surface area contributed by atoms with Gasteiger partial charge < -0.3 is 93.7 Å². The Balaban J connectivity index is 1.24. The topological polar surface area (TPSA) is 334 Å². The fourth-order valence-corrected chi connectivity index (χ4v) is 6.61. The Hall–Kier alpha value is -4.20. The van der Waals surface area contributed by atoms with Gasteiger partial charge >= 0.3 is 5.97 Å². The van der Waals surface area contributed by atoms with Gasteiger partial charge in [0.1, 0.15) is 89.3 Å². The van der Waals surface area contributed by atoms with Crippen molar-refractivity contribution in [2.75, 3.05) is 13.2 Å². The number of fused-ring (bicyclic) bond motifs is 1. The van der Waals surface area contributed by atoms with E-state index < -0.39 is 139 Å². The molecule has 21 heteroatoms. The Labute approximate surface area is 315 Å². The molecule has 15 atom stereocenters. The van der Waals surface area contributed by atoms with Crippen LogP contribution >= 0.6 is 0 Å². The van der Waals surface area contributed by atoms with Crippen molar-refractivity contribution in [3.63, 3.8) is 0 Å². The van der Waals surface area contributed by atoms with E-state index >= 15 is 0 Å². The second kappa shape index (κ2) is 16.7. The molecule has 56 heavy (non-hydrogen) atoms. The molecule has 0 amide bonds. The first-order chi connectivity index (χ1) is 26.5. The van der Waals surface area contributed by atoms with Gasteiger partial charge in [0.2, 0.25) is 17.5 Å². The summed E-state index contributed by atoms with van der Waals surface area (Å²) in [7, 11) is 0. The number of phenols is 3. The molecule has 6 rings (SSSR count). The molecule has 2 aromatic carbocycles. The van der Waals surface area contributed by atoms with Crippen LogP contribution in [0.15, 0.2) is 45.6 Å². The summed E-state index contributed by atoms with van der Waals surface area (Å²) in [5.74, 6) is -3.05. The molecule has 0 unspecified atom stereocenters. The van der Waals surface area contributed by atoms with Crippen LogP contribution in [0.5, 0.6) is 23.0 Å². The quantitative estimate of drug-likeness (QED) is 0.0911. The molecule has 0 saturated carbocycles. The average molecular weight is 799 g/mol. The summed E-state index contributed by atoms with van der Waals surface area (Å²) in [4.78, 5) is 25.8. The minimum absolute atomic E-state index is 0.143. The molecule has 3 aromatic rings. The van der Waals surface area contributed by atoms with Crippen LogP contribution in [0.25, 0.3) is 22.3 Å². The van der Waals surface area contributed by atoms with Gasteiger partial charge in [0.25, 0.3) is 0 Å². The average Bonchev–Trinajstić information content (AvgIpc) is 3.15. The van der Waals surface area contributed by atoms with E-state index in [-0.39, 0.29) is 22.7 Å². The first kappa shape index (κ1) is 41.4. The number of aromatic hydroxyl groups is 3. The highest BCUT2D eigenvalue weighted by atomic mass is 16.8. The van der Waals surface area contributed by atoms with E-state index in [2.05, 4.69) is 0 Å². The number of hydrogen-bond acceptors (Lipinski definition) is 21. The van der Waals surface area contributed by atoms with Crippen LogP contribution in [0.4, 0.5) is 0 Å². The Morgan fingerprint density at radius 1 is 0.732 bits per heavy atom. The van der Waals surface area contributed by atoms with Crippen LogP contribution in [0.2, 0.25) is 0 Å². The standard InChI is InChI=1S/C35H42O21/c1-11-29(51-12(2)37)32(56-34-26(46)24(44)21(41)18(9-36)53-34)28(48)33(50-11)49-10-19-22(42)25(45)27(47)35(54-19)55-31-23(43)20-16(40)7-15(39)8-17(20)52-30(31)13-3-5-14(38)6-4-13/h3-8,11,18-19,21-22,24-29,32-36,38-42,44-48H,9-10H2,1-2H3/t11-,18+,19+,21+,22-,24-,25-,26+,27+,28+,29-,32-,33+,34-,35-/m0/s1. The van der Waals surface area contributed by atoms with Crippen LogP contribution in [0, 0.1) is 0 Å². The molecule has 1 aromatic heterocycles. The number of carbonyl (C=O) groups is 1. The number of esters is 1. The van der Waals surface area contributed by atoms with Crippen molar-refractivity contribution in [1.82, 2.24) is 0 Å². The SMILES string of the molecule is CC(=O)O[C@@H]1[C@@H](O[C@@H]2O[C@H](CO)[C@@H](O)[C@H](O)[C@H]2O)[C@@H](O)[C@H](OC[C@H]2O[C@@H](Oc3c(-c4ccc(O)cc4)oc4cc(O)cc(O)c4c3=O)[C@H](O)[C@@H](O)[C@H]2O)O[C@H]1C. The Morgan fingerprint density at radius 3 is 2.00 bits per heavy atom. The first-order valence-corrected chi connectivity index (χ1v) is 17.3. The maximum Gasteiger partial charge on any atom is 0.303 e. The number of carbonyl (C=O) groups excluding carboxylic acids is 1. The van der Waals surface area contributed by atoms with Gasteiger partial charge in [0, 0.05) is 24.6 Å². The van der Waals surface area contributed by atoms with E-state index in [4.69, 9.17) is 37.6 Å². The number of benzene rings is 2. The van der Waals surface area contributed by atoms with Gasteiger partial charge in [-0.3, -0.25) is 9.59 Å².